The summed E-state index contributed by atoms with van der Waals surface area (Å²) in [5, 5.41) is 9.04. The van der Waals surface area contributed by atoms with Crippen LogP contribution in [0, 0.1) is 11.3 Å². The van der Waals surface area contributed by atoms with Gasteiger partial charge < -0.3 is 0 Å². The van der Waals surface area contributed by atoms with Gasteiger partial charge >= 0.3 is 159 Å². The number of nitrogens with zero attached hydrogens (tertiary/aromatic N) is 2. The Hall–Kier alpha value is -0.940. The van der Waals surface area contributed by atoms with Crippen LogP contribution in [-0.2, 0) is 9.42 Å². The summed E-state index contributed by atoms with van der Waals surface area (Å²) < 4.78 is 44.9. The number of nitrogens with one attached hydrogen (secondary N) is 1. The quantitative estimate of drug-likeness (QED) is 0.278. The van der Waals surface area contributed by atoms with E-state index in [-0.39, 0.29) is 30.8 Å². The van der Waals surface area contributed by atoms with E-state index in [0.717, 1.165) is 19.3 Å². The van der Waals surface area contributed by atoms with E-state index in [2.05, 4.69) is 0 Å². The fraction of sp³-hybridized carbons (Fsp3) is 0.882. The summed E-state index contributed by atoms with van der Waals surface area (Å²) in [7, 11) is -4.49. The summed E-state index contributed by atoms with van der Waals surface area (Å²) in [4.78, 5) is 23.2. The van der Waals surface area contributed by atoms with E-state index in [1.807, 2.05) is 13.0 Å². The third-order valence-electron chi connectivity index (χ3n) is 4.32. The standard InChI is InChI=1S/C17H33F3N3O3P/c1-6-7-8-9-12-27(25,13-10-11-21,23(14(2)3)15(4)5)26-22-16(24)17(18,19)20/h14-15,25H,6-10,12-13H2,1-5H3,(H,22,24). The number of hydrogen-bond donors (Lipinski definition) is 2. The Morgan fingerprint density at radius 2 is 1.74 bits per heavy atom. The number of hydroxylamine groups is 1. The molecule has 0 bridgehead atoms. The van der Waals surface area contributed by atoms with Gasteiger partial charge in [-0.3, -0.25) is 0 Å². The zero-order valence-electron chi connectivity index (χ0n) is 16.8. The molecule has 0 fully saturated rings. The maximum atomic E-state index is 12.6. The Morgan fingerprint density at radius 3 is 2.15 bits per heavy atom. The minimum atomic E-state index is -5.13. The number of nitriles is 1. The van der Waals surface area contributed by atoms with Gasteiger partial charge in [0, 0.05) is 0 Å². The van der Waals surface area contributed by atoms with Crippen LogP contribution in [0.5, 0.6) is 0 Å². The van der Waals surface area contributed by atoms with Gasteiger partial charge in [-0.25, -0.2) is 0 Å². The van der Waals surface area contributed by atoms with E-state index in [1.54, 1.807) is 32.4 Å². The molecular weight excluding hydrogens is 382 g/mol. The van der Waals surface area contributed by atoms with Gasteiger partial charge in [0.1, 0.15) is 0 Å². The molecule has 0 saturated heterocycles. The van der Waals surface area contributed by atoms with Crippen molar-refractivity contribution in [3.63, 3.8) is 0 Å². The van der Waals surface area contributed by atoms with Gasteiger partial charge in [-0.05, 0) is 0 Å². The normalized spacial score (nSPS) is 14.3. The van der Waals surface area contributed by atoms with Crippen LogP contribution in [0.3, 0.4) is 0 Å². The third kappa shape index (κ3) is 7.53. The predicted molar refractivity (Wildman–Crippen MR) is 101 cm³/mol. The van der Waals surface area contributed by atoms with E-state index >= 15 is 0 Å². The van der Waals surface area contributed by atoms with Crippen molar-refractivity contribution in [1.82, 2.24) is 10.2 Å². The monoisotopic (exact) mass is 415 g/mol. The molecule has 0 aromatic carbocycles. The summed E-state index contributed by atoms with van der Waals surface area (Å²) in [5.41, 5.74) is 1.44. The van der Waals surface area contributed by atoms with E-state index in [1.165, 1.54) is 5.48 Å². The van der Waals surface area contributed by atoms with Crippen molar-refractivity contribution in [2.45, 2.75) is 85.0 Å². The number of hydrogen-bond acceptors (Lipinski definition) is 5. The van der Waals surface area contributed by atoms with Crippen LogP contribution in [0.2, 0.25) is 0 Å². The van der Waals surface area contributed by atoms with Gasteiger partial charge in [-0.1, -0.05) is 0 Å². The minimum absolute atomic E-state index is 0.0851. The predicted octanol–water partition coefficient (Wildman–Crippen LogP) is 4.50. The second-order valence-corrected chi connectivity index (χ2v) is 11.4. The number of carbonyl (C=O) groups is 1. The van der Waals surface area contributed by atoms with E-state index in [9.17, 15) is 22.9 Å². The molecule has 0 aliphatic heterocycles. The molecule has 0 unspecified atom stereocenters. The first-order chi connectivity index (χ1) is 12.3. The van der Waals surface area contributed by atoms with Crippen LogP contribution in [0.1, 0.15) is 66.7 Å². The number of amides is 1. The van der Waals surface area contributed by atoms with E-state index in [0.29, 0.717) is 6.42 Å². The van der Waals surface area contributed by atoms with E-state index < -0.39 is 19.3 Å². The molecular formula is C17H33F3N3O3P. The first kappa shape index (κ1) is 26.1. The van der Waals surface area contributed by atoms with Crippen LogP contribution < -0.4 is 5.48 Å². The molecule has 0 atom stereocenters. The third-order valence-corrected chi connectivity index (χ3v) is 9.15. The molecule has 160 valence electrons. The molecule has 0 saturated carbocycles. The van der Waals surface area contributed by atoms with Crippen molar-refractivity contribution in [2.75, 3.05) is 12.3 Å². The summed E-state index contributed by atoms with van der Waals surface area (Å²) in [6, 6.07) is 1.40. The van der Waals surface area contributed by atoms with Crippen molar-refractivity contribution in [2.24, 2.45) is 0 Å². The molecule has 1 amide bonds. The van der Waals surface area contributed by atoms with Crippen molar-refractivity contribution in [1.29, 1.82) is 5.26 Å². The van der Waals surface area contributed by atoms with Crippen molar-refractivity contribution in [3.05, 3.63) is 0 Å². The molecule has 2 N–H and O–H groups in total. The summed E-state index contributed by atoms with van der Waals surface area (Å²) in [6.45, 7) is 9.20. The molecule has 0 aliphatic carbocycles. The first-order valence-corrected chi connectivity index (χ1v) is 11.7. The SMILES string of the molecule is CCCCCCP(O)(CCC#N)(ONC(=O)C(F)(F)F)N(C(C)C)C(C)C. The molecule has 27 heavy (non-hydrogen) atoms. The fourth-order valence-corrected chi connectivity index (χ4v) is 8.22. The molecule has 0 aromatic rings. The number of carbonyl (C=O) groups excluding carboxylic acids is 1. The van der Waals surface area contributed by atoms with Gasteiger partial charge in [-0.2, -0.15) is 0 Å². The van der Waals surface area contributed by atoms with Crippen LogP contribution in [0.4, 0.5) is 13.2 Å². The number of alkyl halides is 3. The zero-order valence-corrected chi connectivity index (χ0v) is 17.7. The molecule has 0 aromatic heterocycles. The molecule has 6 nitrogen and oxygen atoms in total. The zero-order chi connectivity index (χ0) is 21.3. The van der Waals surface area contributed by atoms with Gasteiger partial charge in [0.25, 0.3) is 0 Å². The summed E-state index contributed by atoms with van der Waals surface area (Å²) in [5.74, 6) is -2.27. The Balaban J connectivity index is 5.98. The molecule has 0 rings (SSSR count). The Bertz CT molecular complexity index is 518. The molecule has 10 heteroatoms. The van der Waals surface area contributed by atoms with Crippen LogP contribution in [-0.4, -0.2) is 46.1 Å². The number of rotatable bonds is 12. The Morgan fingerprint density at radius 1 is 1.19 bits per heavy atom. The number of unbranched alkanes of at least 4 members (excludes halogenated alkanes) is 3. The maximum absolute atomic E-state index is 12.6. The van der Waals surface area contributed by atoms with Gasteiger partial charge in [0.05, 0.1) is 0 Å². The van der Waals surface area contributed by atoms with Crippen molar-refractivity contribution >= 4 is 13.1 Å². The van der Waals surface area contributed by atoms with Crippen LogP contribution in [0.15, 0.2) is 0 Å². The average Bonchev–Trinajstić information content (AvgIpc) is 2.54. The fourth-order valence-electron chi connectivity index (χ4n) is 3.46. The van der Waals surface area contributed by atoms with Crippen molar-refractivity contribution in [3.8, 4) is 6.07 Å². The van der Waals surface area contributed by atoms with Crippen LogP contribution in [0.25, 0.3) is 0 Å². The van der Waals surface area contributed by atoms with Crippen molar-refractivity contribution < 1.29 is 27.5 Å². The molecule has 0 aliphatic rings. The summed E-state index contributed by atoms with van der Waals surface area (Å²) in [6.07, 6.45) is -2.14. The number of halogens is 3. The van der Waals surface area contributed by atoms with Gasteiger partial charge in [0.2, 0.25) is 0 Å². The Kier molecular flexibility index (Phi) is 10.2. The Labute approximate surface area is 160 Å². The average molecular weight is 415 g/mol. The first-order valence-electron chi connectivity index (χ1n) is 9.30. The van der Waals surface area contributed by atoms with Crippen LogP contribution >= 0.6 is 7.21 Å². The van der Waals surface area contributed by atoms with Gasteiger partial charge in [-0.15, -0.1) is 0 Å². The second-order valence-electron chi connectivity index (χ2n) is 7.30. The molecule has 0 spiro atoms. The van der Waals surface area contributed by atoms with Gasteiger partial charge in [0.15, 0.2) is 0 Å². The summed E-state index contributed by atoms with van der Waals surface area (Å²) >= 11 is 0. The second kappa shape index (κ2) is 10.6. The topological polar surface area (TPSA) is 85.6 Å². The van der Waals surface area contributed by atoms with E-state index in [4.69, 9.17) is 9.89 Å². The molecule has 0 heterocycles. The molecule has 0 radical (unpaired) electrons.